The molecule has 0 amide bonds. The summed E-state index contributed by atoms with van der Waals surface area (Å²) in [7, 11) is 0. The summed E-state index contributed by atoms with van der Waals surface area (Å²) in [6, 6.07) is 0. The van der Waals surface area contributed by atoms with E-state index in [1.807, 2.05) is 6.26 Å². The van der Waals surface area contributed by atoms with Crippen LogP contribution in [0.3, 0.4) is 0 Å². The summed E-state index contributed by atoms with van der Waals surface area (Å²) in [4.78, 5) is 0. The van der Waals surface area contributed by atoms with Crippen LogP contribution in [0, 0.1) is 5.92 Å². The van der Waals surface area contributed by atoms with Crippen LogP contribution < -0.4 is 5.32 Å². The molecule has 2 unspecified atom stereocenters. The number of rotatable bonds is 6. The molecule has 0 aromatic heterocycles. The van der Waals surface area contributed by atoms with E-state index in [2.05, 4.69) is 10.1 Å². The van der Waals surface area contributed by atoms with Crippen LogP contribution in [0.15, 0.2) is 23.8 Å². The van der Waals surface area contributed by atoms with E-state index in [0.29, 0.717) is 13.2 Å². The minimum absolute atomic E-state index is 0.0804. The van der Waals surface area contributed by atoms with Crippen LogP contribution in [0.5, 0.6) is 0 Å². The first-order valence-electron chi connectivity index (χ1n) is 8.18. The fourth-order valence-corrected chi connectivity index (χ4v) is 3.23. The van der Waals surface area contributed by atoms with Gasteiger partial charge in [-0.3, -0.25) is 5.32 Å². The molecule has 2 aliphatic heterocycles. The molecular formula is C16H22F5NO3S. The maximum absolute atomic E-state index is 13.3. The number of hydrogen-bond donors (Lipinski definition) is 1. The molecule has 0 spiro atoms. The number of thioether (sulfide) groups is 1. The number of nitrogens with one attached hydrogen (secondary N) is 1. The molecule has 26 heavy (non-hydrogen) atoms. The number of ether oxygens (including phenoxy) is 3. The summed E-state index contributed by atoms with van der Waals surface area (Å²) in [5.74, 6) is -0.828. The van der Waals surface area contributed by atoms with Crippen molar-refractivity contribution in [2.45, 2.75) is 43.4 Å². The molecule has 4 nitrogen and oxygen atoms in total. The zero-order chi connectivity index (χ0) is 19.2. The Labute approximate surface area is 153 Å². The summed E-state index contributed by atoms with van der Waals surface area (Å²) in [5, 5.41) is 2.81. The maximum atomic E-state index is 13.3. The van der Waals surface area contributed by atoms with Crippen molar-refractivity contribution in [3.63, 3.8) is 0 Å². The van der Waals surface area contributed by atoms with Gasteiger partial charge in [0.15, 0.2) is 6.29 Å². The minimum atomic E-state index is -4.51. The number of alkyl halides is 5. The van der Waals surface area contributed by atoms with Crippen LogP contribution >= 0.6 is 11.8 Å². The third-order valence-corrected chi connectivity index (χ3v) is 5.11. The van der Waals surface area contributed by atoms with Gasteiger partial charge in [-0.25, -0.2) is 0 Å². The van der Waals surface area contributed by atoms with Crippen molar-refractivity contribution in [1.82, 2.24) is 5.32 Å². The predicted octanol–water partition coefficient (Wildman–Crippen LogP) is 3.70. The lowest BCUT2D eigenvalue weighted by Crippen LogP contribution is -2.43. The lowest BCUT2D eigenvalue weighted by Gasteiger charge is -2.31. The average Bonchev–Trinajstić information content (AvgIpc) is 2.59. The Morgan fingerprint density at radius 1 is 1.23 bits per heavy atom. The van der Waals surface area contributed by atoms with E-state index in [4.69, 9.17) is 9.47 Å². The Balaban J connectivity index is 1.93. The van der Waals surface area contributed by atoms with E-state index in [1.165, 1.54) is 12.2 Å². The largest absolute Gasteiger partial charge is 0.413 e. The first kappa shape index (κ1) is 21.6. The number of halogens is 5. The molecule has 2 fully saturated rings. The van der Waals surface area contributed by atoms with E-state index < -0.39 is 36.8 Å². The minimum Gasteiger partial charge on any atom is -0.348 e. The monoisotopic (exact) mass is 403 g/mol. The second-order valence-corrected chi connectivity index (χ2v) is 7.10. The first-order valence-corrected chi connectivity index (χ1v) is 9.47. The summed E-state index contributed by atoms with van der Waals surface area (Å²) in [6.45, 7) is -2.08. The summed E-state index contributed by atoms with van der Waals surface area (Å²) in [6.07, 6.45) is -0.287. The summed E-state index contributed by atoms with van der Waals surface area (Å²) < 4.78 is 79.4. The van der Waals surface area contributed by atoms with Gasteiger partial charge < -0.3 is 14.2 Å². The molecule has 1 N–H and O–H groups in total. The number of hydrogen-bond acceptors (Lipinski definition) is 5. The highest BCUT2D eigenvalue weighted by atomic mass is 32.2. The van der Waals surface area contributed by atoms with Crippen molar-refractivity contribution in [3.8, 4) is 0 Å². The molecule has 0 radical (unpaired) electrons. The van der Waals surface area contributed by atoms with Gasteiger partial charge in [0, 0.05) is 18.0 Å². The third-order valence-electron chi connectivity index (χ3n) is 4.17. The van der Waals surface area contributed by atoms with Crippen LogP contribution in [-0.2, 0) is 14.2 Å². The van der Waals surface area contributed by atoms with Gasteiger partial charge >= 0.3 is 12.8 Å². The predicted molar refractivity (Wildman–Crippen MR) is 87.9 cm³/mol. The maximum Gasteiger partial charge on any atom is 0.413 e. The number of allylic oxidation sites excluding steroid dienone is 2. The molecule has 0 aromatic carbocycles. The van der Waals surface area contributed by atoms with Crippen molar-refractivity contribution in [2.24, 2.45) is 5.92 Å². The Hall–Kier alpha value is -0.680. The van der Waals surface area contributed by atoms with E-state index in [1.54, 1.807) is 11.8 Å². The second kappa shape index (κ2) is 10.0. The highest BCUT2D eigenvalue weighted by molar-refractivity contribution is 7.99. The Morgan fingerprint density at radius 3 is 2.42 bits per heavy atom. The summed E-state index contributed by atoms with van der Waals surface area (Å²) in [5.41, 5.74) is -0.713. The lowest BCUT2D eigenvalue weighted by molar-refractivity contribution is -0.179. The zero-order valence-corrected chi connectivity index (χ0v) is 15.0. The SMILES string of the molecule is CSC1COC(/C=C/C=C(/C2CCC(OC(F)F)NC2)C(F)(F)F)OC1. The Bertz CT molecular complexity index is 485. The van der Waals surface area contributed by atoms with Crippen molar-refractivity contribution in [3.05, 3.63) is 23.8 Å². The van der Waals surface area contributed by atoms with Crippen molar-refractivity contribution in [1.29, 1.82) is 0 Å². The molecule has 0 aromatic rings. The molecule has 10 heteroatoms. The number of piperidine rings is 1. The lowest BCUT2D eigenvalue weighted by atomic mass is 9.90. The van der Waals surface area contributed by atoms with Crippen molar-refractivity contribution < 1.29 is 36.2 Å². The van der Waals surface area contributed by atoms with E-state index in [-0.39, 0.29) is 24.6 Å². The standard InChI is InChI=1S/C16H22F5NO3S/c1-26-11-8-23-14(24-9-11)4-2-3-12(16(19,20)21)10-5-6-13(22-7-10)25-15(17)18/h2-4,10-11,13-15,22H,5-9H2,1H3/b4-2+,12-3-. The van der Waals surface area contributed by atoms with Gasteiger partial charge in [0.05, 0.1) is 18.5 Å². The van der Waals surface area contributed by atoms with E-state index >= 15 is 0 Å². The van der Waals surface area contributed by atoms with Gasteiger partial charge in [0.1, 0.15) is 6.23 Å². The molecule has 2 aliphatic rings. The highest BCUT2D eigenvalue weighted by Gasteiger charge is 2.39. The Kier molecular flexibility index (Phi) is 8.34. The van der Waals surface area contributed by atoms with E-state index in [9.17, 15) is 22.0 Å². The van der Waals surface area contributed by atoms with Gasteiger partial charge in [-0.2, -0.15) is 33.7 Å². The van der Waals surface area contributed by atoms with Crippen LogP contribution in [0.2, 0.25) is 0 Å². The van der Waals surface area contributed by atoms with Crippen molar-refractivity contribution >= 4 is 11.8 Å². The molecular weight excluding hydrogens is 381 g/mol. The normalized spacial score (nSPS) is 31.7. The third kappa shape index (κ3) is 6.80. The molecule has 0 bridgehead atoms. The molecule has 2 saturated heterocycles. The van der Waals surface area contributed by atoms with Crippen LogP contribution in [-0.4, -0.2) is 56.6 Å². The molecule has 150 valence electrons. The molecule has 2 rings (SSSR count). The quantitative estimate of drug-likeness (QED) is 0.541. The fraction of sp³-hybridized carbons (Fsp3) is 0.750. The second-order valence-electron chi connectivity index (χ2n) is 5.97. The molecule has 2 atom stereocenters. The fourth-order valence-electron chi connectivity index (χ4n) is 2.80. The zero-order valence-electron chi connectivity index (χ0n) is 14.2. The van der Waals surface area contributed by atoms with Crippen molar-refractivity contribution in [2.75, 3.05) is 26.0 Å². The first-order chi connectivity index (χ1) is 12.3. The molecule has 0 aliphatic carbocycles. The summed E-state index contributed by atoms with van der Waals surface area (Å²) >= 11 is 1.60. The van der Waals surface area contributed by atoms with Gasteiger partial charge in [0.2, 0.25) is 0 Å². The smallest absolute Gasteiger partial charge is 0.348 e. The van der Waals surface area contributed by atoms with Gasteiger partial charge in [0.25, 0.3) is 0 Å². The highest BCUT2D eigenvalue weighted by Crippen LogP contribution is 2.35. The van der Waals surface area contributed by atoms with E-state index in [0.717, 1.165) is 6.08 Å². The van der Waals surface area contributed by atoms with Crippen LogP contribution in [0.25, 0.3) is 0 Å². The van der Waals surface area contributed by atoms with Gasteiger partial charge in [-0.15, -0.1) is 0 Å². The van der Waals surface area contributed by atoms with Crippen LogP contribution in [0.4, 0.5) is 22.0 Å². The average molecular weight is 403 g/mol. The topological polar surface area (TPSA) is 39.7 Å². The molecule has 0 saturated carbocycles. The van der Waals surface area contributed by atoms with Gasteiger partial charge in [-0.05, 0) is 25.2 Å². The Morgan fingerprint density at radius 2 is 1.92 bits per heavy atom. The molecule has 2 heterocycles. The van der Waals surface area contributed by atoms with Gasteiger partial charge in [-0.1, -0.05) is 12.2 Å². The van der Waals surface area contributed by atoms with Crippen LogP contribution in [0.1, 0.15) is 12.8 Å².